The zero-order chi connectivity index (χ0) is 8.04. The van der Waals surface area contributed by atoms with Crippen molar-refractivity contribution in [3.8, 4) is 0 Å². The van der Waals surface area contributed by atoms with Gasteiger partial charge in [0.2, 0.25) is 0 Å². The van der Waals surface area contributed by atoms with Crippen molar-refractivity contribution in [2.45, 2.75) is 39.2 Å². The van der Waals surface area contributed by atoms with E-state index in [0.717, 1.165) is 6.42 Å². The maximum Gasteiger partial charge on any atom is 1.00 e. The summed E-state index contributed by atoms with van der Waals surface area (Å²) in [5.74, 6) is 0. The summed E-state index contributed by atoms with van der Waals surface area (Å²) in [5, 5.41) is 11.4. The van der Waals surface area contributed by atoms with E-state index in [1.165, 1.54) is 0 Å². The smallest absolute Gasteiger partial charge is 0.847 e. The maximum atomic E-state index is 11.4. The number of rotatable bonds is 4. The van der Waals surface area contributed by atoms with E-state index in [1.807, 2.05) is 26.3 Å². The molecule has 0 aromatic rings. The standard InChI is InChI=1S/C9H16O.2Li/c1-4-6-8-9(3,10)7-5-2;;/h4-5,7H,6,8H2,1-3H3;;/q-2;2*+1/b7-5+;;. The van der Waals surface area contributed by atoms with E-state index in [0.29, 0.717) is 6.42 Å². The molecule has 0 aromatic carbocycles. The summed E-state index contributed by atoms with van der Waals surface area (Å²) in [6, 6.07) is 0. The monoisotopic (exact) mass is 154 g/mol. The first kappa shape index (κ1) is 18.6. The minimum atomic E-state index is -0.860. The van der Waals surface area contributed by atoms with Crippen molar-refractivity contribution in [2.24, 2.45) is 0 Å². The van der Waals surface area contributed by atoms with Crippen LogP contribution in [0.1, 0.15) is 33.6 Å². The summed E-state index contributed by atoms with van der Waals surface area (Å²) in [4.78, 5) is 0. The molecule has 0 aliphatic heterocycles. The van der Waals surface area contributed by atoms with Crippen molar-refractivity contribution in [2.75, 3.05) is 0 Å². The second kappa shape index (κ2) is 9.98. The molecule has 0 aromatic heterocycles. The van der Waals surface area contributed by atoms with Gasteiger partial charge >= 0.3 is 37.7 Å². The molecule has 0 spiro atoms. The Morgan fingerprint density at radius 2 is 1.92 bits per heavy atom. The maximum absolute atomic E-state index is 11.4. The largest absolute Gasteiger partial charge is 1.00 e. The third kappa shape index (κ3) is 10.9. The number of unbranched alkanes of at least 4 members (excludes halogenated alkanes) is 1. The molecule has 0 fully saturated rings. The Labute approximate surface area is 100 Å². The molecule has 0 bridgehead atoms. The molecule has 0 aliphatic rings. The van der Waals surface area contributed by atoms with E-state index >= 15 is 0 Å². The predicted octanol–water partition coefficient (Wildman–Crippen LogP) is -4.31. The molecular weight excluding hydrogens is 138 g/mol. The topological polar surface area (TPSA) is 23.1 Å². The molecule has 1 unspecified atom stereocenters. The van der Waals surface area contributed by atoms with E-state index in [-0.39, 0.29) is 37.7 Å². The average molecular weight is 154 g/mol. The number of hydrogen-bond acceptors (Lipinski definition) is 1. The van der Waals surface area contributed by atoms with Crippen LogP contribution < -0.4 is 42.8 Å². The van der Waals surface area contributed by atoms with Crippen LogP contribution in [0, 0.1) is 6.42 Å². The zero-order valence-electron chi connectivity index (χ0n) is 9.05. The Balaban J connectivity index is -0.000000405. The summed E-state index contributed by atoms with van der Waals surface area (Å²) in [5.41, 5.74) is -0.860. The van der Waals surface area contributed by atoms with Crippen LogP contribution in [0.15, 0.2) is 12.2 Å². The molecule has 0 radical (unpaired) electrons. The van der Waals surface area contributed by atoms with Gasteiger partial charge in [0, 0.05) is 0 Å². The molecular formula is C9H16Li2O. The van der Waals surface area contributed by atoms with Gasteiger partial charge in [-0.1, -0.05) is 25.5 Å². The normalized spacial score (nSPS) is 14.7. The van der Waals surface area contributed by atoms with Crippen molar-refractivity contribution >= 4 is 0 Å². The van der Waals surface area contributed by atoms with E-state index in [9.17, 15) is 5.11 Å². The first-order chi connectivity index (χ1) is 4.62. The Morgan fingerprint density at radius 1 is 1.42 bits per heavy atom. The van der Waals surface area contributed by atoms with E-state index in [1.54, 1.807) is 13.0 Å². The molecule has 1 atom stereocenters. The molecule has 0 saturated heterocycles. The first-order valence-electron chi connectivity index (χ1n) is 3.74. The number of allylic oxidation sites excluding steroid dienone is 1. The van der Waals surface area contributed by atoms with E-state index in [4.69, 9.17) is 0 Å². The van der Waals surface area contributed by atoms with Crippen molar-refractivity contribution in [1.29, 1.82) is 0 Å². The van der Waals surface area contributed by atoms with Gasteiger partial charge in [-0.2, -0.15) is 13.3 Å². The second-order valence-corrected chi connectivity index (χ2v) is 2.76. The summed E-state index contributed by atoms with van der Waals surface area (Å²) in [6.45, 7) is 5.58. The van der Waals surface area contributed by atoms with Crippen molar-refractivity contribution in [1.82, 2.24) is 0 Å². The van der Waals surface area contributed by atoms with Gasteiger partial charge in [0.15, 0.2) is 0 Å². The van der Waals surface area contributed by atoms with E-state index in [2.05, 4.69) is 0 Å². The predicted molar refractivity (Wildman–Crippen MR) is 42.4 cm³/mol. The molecule has 0 N–H and O–H groups in total. The zero-order valence-corrected chi connectivity index (χ0v) is 9.05. The Morgan fingerprint density at radius 3 is 2.25 bits per heavy atom. The van der Waals surface area contributed by atoms with Gasteiger partial charge in [-0.15, -0.1) is 5.60 Å². The first-order valence-corrected chi connectivity index (χ1v) is 3.74. The van der Waals surface area contributed by atoms with Crippen molar-refractivity contribution in [3.05, 3.63) is 18.6 Å². The van der Waals surface area contributed by atoms with Crippen LogP contribution in [0.3, 0.4) is 0 Å². The molecule has 0 rings (SSSR count). The van der Waals surface area contributed by atoms with Gasteiger partial charge in [-0.05, 0) is 6.92 Å². The van der Waals surface area contributed by atoms with Crippen LogP contribution in [-0.4, -0.2) is 5.60 Å². The molecule has 0 amide bonds. The number of hydrogen-bond donors (Lipinski definition) is 0. The summed E-state index contributed by atoms with van der Waals surface area (Å²) >= 11 is 0. The van der Waals surface area contributed by atoms with E-state index < -0.39 is 5.60 Å². The minimum Gasteiger partial charge on any atom is -0.847 e. The molecule has 0 heterocycles. The van der Waals surface area contributed by atoms with Crippen LogP contribution in [-0.2, 0) is 0 Å². The molecule has 60 valence electrons. The van der Waals surface area contributed by atoms with Gasteiger partial charge in [-0.25, -0.2) is 0 Å². The fraction of sp³-hybridized carbons (Fsp3) is 0.667. The van der Waals surface area contributed by atoms with Crippen LogP contribution in [0.5, 0.6) is 0 Å². The molecule has 0 aliphatic carbocycles. The average Bonchev–Trinajstić information content (AvgIpc) is 1.84. The third-order valence-electron chi connectivity index (χ3n) is 1.45. The van der Waals surface area contributed by atoms with Crippen LogP contribution in [0.2, 0.25) is 0 Å². The second-order valence-electron chi connectivity index (χ2n) is 2.76. The van der Waals surface area contributed by atoms with Gasteiger partial charge in [0.25, 0.3) is 0 Å². The molecule has 1 nitrogen and oxygen atoms in total. The SMILES string of the molecule is C/C=C/C(C)([O-])CC[CH-]C.[Li+].[Li+]. The molecule has 3 heteroatoms. The van der Waals surface area contributed by atoms with Crippen LogP contribution in [0.25, 0.3) is 0 Å². The summed E-state index contributed by atoms with van der Waals surface area (Å²) in [6.07, 6.45) is 7.18. The fourth-order valence-electron chi connectivity index (χ4n) is 0.867. The van der Waals surface area contributed by atoms with Crippen molar-refractivity contribution in [3.63, 3.8) is 0 Å². The third-order valence-corrected chi connectivity index (χ3v) is 1.45. The molecule has 0 saturated carbocycles. The summed E-state index contributed by atoms with van der Waals surface area (Å²) < 4.78 is 0. The minimum absolute atomic E-state index is 0. The van der Waals surface area contributed by atoms with Gasteiger partial charge in [0.1, 0.15) is 0 Å². The fourth-order valence-corrected chi connectivity index (χ4v) is 0.867. The quantitative estimate of drug-likeness (QED) is 0.228. The van der Waals surface area contributed by atoms with Gasteiger partial charge in [-0.3, -0.25) is 0 Å². The van der Waals surface area contributed by atoms with Gasteiger partial charge < -0.3 is 11.5 Å². The van der Waals surface area contributed by atoms with Gasteiger partial charge in [0.05, 0.1) is 0 Å². The molecule has 12 heavy (non-hydrogen) atoms. The van der Waals surface area contributed by atoms with Crippen LogP contribution >= 0.6 is 0 Å². The summed E-state index contributed by atoms with van der Waals surface area (Å²) in [7, 11) is 0. The van der Waals surface area contributed by atoms with Crippen molar-refractivity contribution < 1.29 is 42.8 Å². The Bertz CT molecular complexity index is 111. The Kier molecular flexibility index (Phi) is 15.5. The van der Waals surface area contributed by atoms with Crippen LogP contribution in [0.4, 0.5) is 0 Å². The Hall–Kier alpha value is 0.895.